The van der Waals surface area contributed by atoms with Crippen LogP contribution in [0.5, 0.6) is 5.75 Å². The van der Waals surface area contributed by atoms with Gasteiger partial charge in [0.1, 0.15) is 10.8 Å². The molecule has 6 heteroatoms. The first-order valence-electron chi connectivity index (χ1n) is 7.96. The van der Waals surface area contributed by atoms with E-state index in [-0.39, 0.29) is 11.8 Å². The Morgan fingerprint density at radius 1 is 1.12 bits per heavy atom. The van der Waals surface area contributed by atoms with Gasteiger partial charge in [-0.3, -0.25) is 9.59 Å². The van der Waals surface area contributed by atoms with Gasteiger partial charge in [-0.15, -0.1) is 11.3 Å². The van der Waals surface area contributed by atoms with Crippen molar-refractivity contribution in [1.29, 1.82) is 0 Å². The quantitative estimate of drug-likeness (QED) is 0.885. The number of fused-ring (bicyclic) bond motifs is 1. The number of methoxy groups -OCH3 is 1. The number of para-hydroxylation sites is 2. The van der Waals surface area contributed by atoms with Gasteiger partial charge in [-0.25, -0.2) is 0 Å². The van der Waals surface area contributed by atoms with Crippen LogP contribution in [0.3, 0.4) is 0 Å². The third-order valence-corrected chi connectivity index (χ3v) is 5.25. The number of hydrogen-bond acceptors (Lipinski definition) is 4. The molecule has 0 aliphatic heterocycles. The van der Waals surface area contributed by atoms with E-state index in [1.807, 2.05) is 12.1 Å². The molecule has 24 heavy (non-hydrogen) atoms. The molecule has 5 nitrogen and oxygen atoms in total. The summed E-state index contributed by atoms with van der Waals surface area (Å²) in [6.45, 7) is 1.46. The van der Waals surface area contributed by atoms with Crippen LogP contribution in [0.2, 0.25) is 0 Å². The third kappa shape index (κ3) is 3.28. The minimum absolute atomic E-state index is 0.167. The van der Waals surface area contributed by atoms with Crippen LogP contribution in [0, 0.1) is 0 Å². The summed E-state index contributed by atoms with van der Waals surface area (Å²) in [7, 11) is 1.57. The molecular weight excluding hydrogens is 324 g/mol. The van der Waals surface area contributed by atoms with Gasteiger partial charge in [-0.1, -0.05) is 12.1 Å². The van der Waals surface area contributed by atoms with Crippen LogP contribution in [0.4, 0.5) is 10.7 Å². The smallest absolute Gasteiger partial charge is 0.259 e. The van der Waals surface area contributed by atoms with E-state index in [4.69, 9.17) is 4.74 Å². The van der Waals surface area contributed by atoms with Gasteiger partial charge < -0.3 is 15.4 Å². The minimum atomic E-state index is -0.206. The summed E-state index contributed by atoms with van der Waals surface area (Å²) in [5.74, 6) is 0.235. The second-order valence-electron chi connectivity index (χ2n) is 5.75. The summed E-state index contributed by atoms with van der Waals surface area (Å²) in [4.78, 5) is 25.6. The number of thiophene rings is 1. The van der Waals surface area contributed by atoms with E-state index in [1.165, 1.54) is 23.1 Å². The lowest BCUT2D eigenvalue weighted by molar-refractivity contribution is -0.114. The van der Waals surface area contributed by atoms with E-state index < -0.39 is 0 Å². The van der Waals surface area contributed by atoms with Crippen LogP contribution in [0.1, 0.15) is 40.6 Å². The molecule has 0 atom stereocenters. The average molecular weight is 344 g/mol. The highest BCUT2D eigenvalue weighted by molar-refractivity contribution is 7.17. The summed E-state index contributed by atoms with van der Waals surface area (Å²) in [5, 5.41) is 6.37. The van der Waals surface area contributed by atoms with Gasteiger partial charge in [0, 0.05) is 11.8 Å². The van der Waals surface area contributed by atoms with Crippen molar-refractivity contribution >= 4 is 33.8 Å². The fourth-order valence-electron chi connectivity index (χ4n) is 2.99. The van der Waals surface area contributed by atoms with Crippen LogP contribution in [0.15, 0.2) is 24.3 Å². The van der Waals surface area contributed by atoms with Gasteiger partial charge >= 0.3 is 0 Å². The molecule has 3 rings (SSSR count). The lowest BCUT2D eigenvalue weighted by Crippen LogP contribution is -2.17. The van der Waals surface area contributed by atoms with Crippen molar-refractivity contribution < 1.29 is 14.3 Å². The van der Waals surface area contributed by atoms with Crippen molar-refractivity contribution in [1.82, 2.24) is 0 Å². The number of anilines is 2. The molecule has 1 aromatic carbocycles. The van der Waals surface area contributed by atoms with Gasteiger partial charge in [0.25, 0.3) is 5.91 Å². The van der Waals surface area contributed by atoms with E-state index in [0.717, 1.165) is 31.2 Å². The Kier molecular flexibility index (Phi) is 4.85. The number of ether oxygens (including phenoxy) is 1. The Balaban J connectivity index is 1.96. The normalized spacial score (nSPS) is 13.1. The highest BCUT2D eigenvalue weighted by Crippen LogP contribution is 2.39. The molecule has 1 heterocycles. The zero-order valence-corrected chi connectivity index (χ0v) is 14.6. The van der Waals surface area contributed by atoms with Crippen molar-refractivity contribution in [2.24, 2.45) is 0 Å². The molecule has 1 aliphatic rings. The molecule has 1 aliphatic carbocycles. The number of hydrogen-bond donors (Lipinski definition) is 2. The van der Waals surface area contributed by atoms with Crippen molar-refractivity contribution in [3.05, 3.63) is 40.3 Å². The predicted octanol–water partition coefficient (Wildman–Crippen LogP) is 3.85. The van der Waals surface area contributed by atoms with Crippen molar-refractivity contribution in [2.45, 2.75) is 32.6 Å². The standard InChI is InChI=1S/C18H20N2O3S/c1-11(21)19-18-16(12-7-3-6-10-15(12)24-18)17(22)20-13-8-4-5-9-14(13)23-2/h4-5,8-9H,3,6-7,10H2,1-2H3,(H,19,21)(H,20,22). The molecule has 0 spiro atoms. The highest BCUT2D eigenvalue weighted by Gasteiger charge is 2.26. The molecule has 0 bridgehead atoms. The maximum absolute atomic E-state index is 12.9. The number of benzene rings is 1. The number of aryl methyl sites for hydroxylation is 1. The van der Waals surface area contributed by atoms with Crippen LogP contribution < -0.4 is 15.4 Å². The molecule has 1 aromatic heterocycles. The fraction of sp³-hybridized carbons (Fsp3) is 0.333. The van der Waals surface area contributed by atoms with Crippen molar-refractivity contribution in [3.63, 3.8) is 0 Å². The monoisotopic (exact) mass is 344 g/mol. The predicted molar refractivity (Wildman–Crippen MR) is 96.2 cm³/mol. The van der Waals surface area contributed by atoms with Crippen molar-refractivity contribution in [3.8, 4) is 5.75 Å². The van der Waals surface area contributed by atoms with E-state index in [1.54, 1.807) is 19.2 Å². The SMILES string of the molecule is COc1ccccc1NC(=O)c1c(NC(C)=O)sc2c1CCCC2. The van der Waals surface area contributed by atoms with Gasteiger partial charge in [-0.05, 0) is 43.4 Å². The van der Waals surface area contributed by atoms with E-state index >= 15 is 0 Å². The van der Waals surface area contributed by atoms with Crippen LogP contribution >= 0.6 is 11.3 Å². The second-order valence-corrected chi connectivity index (χ2v) is 6.86. The third-order valence-electron chi connectivity index (χ3n) is 4.04. The number of nitrogens with one attached hydrogen (secondary N) is 2. The molecular formula is C18H20N2O3S. The summed E-state index contributed by atoms with van der Waals surface area (Å²) >= 11 is 1.52. The van der Waals surface area contributed by atoms with Crippen LogP contribution in [-0.4, -0.2) is 18.9 Å². The maximum Gasteiger partial charge on any atom is 0.259 e. The molecule has 0 saturated carbocycles. The molecule has 2 aromatic rings. The maximum atomic E-state index is 12.9. The molecule has 0 saturated heterocycles. The first kappa shape index (κ1) is 16.5. The minimum Gasteiger partial charge on any atom is -0.495 e. The molecule has 0 unspecified atom stereocenters. The van der Waals surface area contributed by atoms with Gasteiger partial charge in [-0.2, -0.15) is 0 Å². The number of amides is 2. The highest BCUT2D eigenvalue weighted by atomic mass is 32.1. The summed E-state index contributed by atoms with van der Waals surface area (Å²) in [5.41, 5.74) is 2.28. The van der Waals surface area contributed by atoms with Gasteiger partial charge in [0.05, 0.1) is 18.4 Å². The van der Waals surface area contributed by atoms with E-state index in [0.29, 0.717) is 22.0 Å². The lowest BCUT2D eigenvalue weighted by atomic mass is 9.95. The van der Waals surface area contributed by atoms with E-state index in [2.05, 4.69) is 10.6 Å². The zero-order chi connectivity index (χ0) is 17.1. The zero-order valence-electron chi connectivity index (χ0n) is 13.8. The van der Waals surface area contributed by atoms with Crippen molar-refractivity contribution in [2.75, 3.05) is 17.7 Å². The average Bonchev–Trinajstić information content (AvgIpc) is 2.92. The number of rotatable bonds is 4. The number of carbonyl (C=O) groups is 2. The largest absolute Gasteiger partial charge is 0.495 e. The number of carbonyl (C=O) groups excluding carboxylic acids is 2. The Labute approximate surface area is 145 Å². The Hall–Kier alpha value is -2.34. The van der Waals surface area contributed by atoms with Crippen LogP contribution in [-0.2, 0) is 17.6 Å². The Morgan fingerprint density at radius 2 is 1.88 bits per heavy atom. The molecule has 2 amide bonds. The lowest BCUT2D eigenvalue weighted by Gasteiger charge is -2.14. The van der Waals surface area contributed by atoms with Gasteiger partial charge in [0.2, 0.25) is 5.91 Å². The molecule has 0 fully saturated rings. The topological polar surface area (TPSA) is 67.4 Å². The van der Waals surface area contributed by atoms with Gasteiger partial charge in [0.15, 0.2) is 0 Å². The first-order valence-corrected chi connectivity index (χ1v) is 8.78. The summed E-state index contributed by atoms with van der Waals surface area (Å²) in [6, 6.07) is 7.29. The first-order chi connectivity index (χ1) is 11.6. The molecule has 0 radical (unpaired) electrons. The fourth-order valence-corrected chi connectivity index (χ4v) is 4.32. The van der Waals surface area contributed by atoms with E-state index in [9.17, 15) is 9.59 Å². The molecule has 126 valence electrons. The van der Waals surface area contributed by atoms with Crippen LogP contribution in [0.25, 0.3) is 0 Å². The summed E-state index contributed by atoms with van der Waals surface area (Å²) in [6.07, 6.45) is 4.04. The Morgan fingerprint density at radius 3 is 2.62 bits per heavy atom. The Bertz CT molecular complexity index is 783. The summed E-state index contributed by atoms with van der Waals surface area (Å²) < 4.78 is 5.29. The second kappa shape index (κ2) is 7.05. The molecule has 2 N–H and O–H groups in total.